The van der Waals surface area contributed by atoms with Gasteiger partial charge >= 0.3 is 0 Å². The fraction of sp³-hybridized carbons (Fsp3) is 0.667. The minimum atomic E-state index is -0.0408. The van der Waals surface area contributed by atoms with Gasteiger partial charge in [0.05, 0.1) is 24.7 Å². The smallest absolute Gasteiger partial charge is 0.147 e. The van der Waals surface area contributed by atoms with Crippen LogP contribution in [0, 0.1) is 5.92 Å². The summed E-state index contributed by atoms with van der Waals surface area (Å²) in [5, 5.41) is 8.92. The van der Waals surface area contributed by atoms with Crippen molar-refractivity contribution in [2.75, 3.05) is 11.4 Å². The van der Waals surface area contributed by atoms with Crippen molar-refractivity contribution in [2.45, 2.75) is 39.3 Å². The zero-order valence-corrected chi connectivity index (χ0v) is 9.93. The molecule has 1 saturated heterocycles. The lowest BCUT2D eigenvalue weighted by Crippen LogP contribution is -2.34. The molecule has 1 aliphatic rings. The van der Waals surface area contributed by atoms with Crippen LogP contribution in [-0.4, -0.2) is 27.7 Å². The van der Waals surface area contributed by atoms with Gasteiger partial charge in [-0.1, -0.05) is 13.8 Å². The van der Waals surface area contributed by atoms with E-state index in [1.807, 2.05) is 0 Å². The Hall–Kier alpha value is -1.16. The first-order chi connectivity index (χ1) is 7.72. The van der Waals surface area contributed by atoms with Gasteiger partial charge in [-0.3, -0.25) is 4.98 Å². The van der Waals surface area contributed by atoms with Gasteiger partial charge in [0.15, 0.2) is 0 Å². The first-order valence-electron chi connectivity index (χ1n) is 5.91. The van der Waals surface area contributed by atoms with Crippen molar-refractivity contribution < 1.29 is 5.11 Å². The molecule has 88 valence electrons. The summed E-state index contributed by atoms with van der Waals surface area (Å²) in [6.45, 7) is 5.52. The third-order valence-corrected chi connectivity index (χ3v) is 3.22. The Kier molecular flexibility index (Phi) is 3.39. The molecule has 1 N–H and O–H groups in total. The molecule has 16 heavy (non-hydrogen) atoms. The second-order valence-corrected chi connectivity index (χ2v) is 4.67. The zero-order valence-electron chi connectivity index (χ0n) is 9.93. The van der Waals surface area contributed by atoms with Gasteiger partial charge in [0.2, 0.25) is 0 Å². The monoisotopic (exact) mass is 221 g/mol. The van der Waals surface area contributed by atoms with E-state index in [1.54, 1.807) is 12.4 Å². The summed E-state index contributed by atoms with van der Waals surface area (Å²) in [7, 11) is 0. The Morgan fingerprint density at radius 1 is 1.44 bits per heavy atom. The van der Waals surface area contributed by atoms with Crippen LogP contribution in [0.1, 0.15) is 32.4 Å². The molecule has 1 aliphatic heterocycles. The second kappa shape index (κ2) is 4.78. The van der Waals surface area contributed by atoms with Crippen LogP contribution in [0.5, 0.6) is 0 Å². The molecule has 0 aromatic carbocycles. The van der Waals surface area contributed by atoms with Gasteiger partial charge in [-0.25, -0.2) is 4.98 Å². The standard InChI is InChI=1S/C12H19N3O/c1-9(2)11-4-3-5-15(11)12-7-13-10(8-16)6-14-12/h6-7,9,11,16H,3-5,8H2,1-2H3. The molecule has 1 aromatic heterocycles. The number of aliphatic hydroxyl groups is 1. The van der Waals surface area contributed by atoms with Crippen molar-refractivity contribution in [3.63, 3.8) is 0 Å². The lowest BCUT2D eigenvalue weighted by atomic mass is 10.0. The zero-order chi connectivity index (χ0) is 11.5. The largest absolute Gasteiger partial charge is 0.390 e. The molecule has 0 spiro atoms. The van der Waals surface area contributed by atoms with Crippen LogP contribution >= 0.6 is 0 Å². The van der Waals surface area contributed by atoms with Crippen LogP contribution in [0.2, 0.25) is 0 Å². The molecule has 0 saturated carbocycles. The van der Waals surface area contributed by atoms with E-state index in [4.69, 9.17) is 5.11 Å². The maximum atomic E-state index is 8.92. The van der Waals surface area contributed by atoms with Crippen LogP contribution in [0.25, 0.3) is 0 Å². The van der Waals surface area contributed by atoms with Gasteiger partial charge in [0.25, 0.3) is 0 Å². The summed E-state index contributed by atoms with van der Waals surface area (Å²) in [6, 6.07) is 0.578. The van der Waals surface area contributed by atoms with Crippen molar-refractivity contribution in [1.82, 2.24) is 9.97 Å². The third-order valence-electron chi connectivity index (χ3n) is 3.22. The van der Waals surface area contributed by atoms with E-state index in [0.29, 0.717) is 17.7 Å². The summed E-state index contributed by atoms with van der Waals surface area (Å²) in [6.07, 6.45) is 5.89. The normalized spacial score (nSPS) is 20.8. The quantitative estimate of drug-likeness (QED) is 0.842. The minimum absolute atomic E-state index is 0.0408. The molecule has 1 atom stereocenters. The molecule has 0 radical (unpaired) electrons. The molecule has 0 amide bonds. The predicted octanol–water partition coefficient (Wildman–Crippen LogP) is 1.59. The number of aliphatic hydroxyl groups excluding tert-OH is 1. The number of hydrogen-bond donors (Lipinski definition) is 1. The minimum Gasteiger partial charge on any atom is -0.390 e. The van der Waals surface area contributed by atoms with Gasteiger partial charge in [-0.2, -0.15) is 0 Å². The van der Waals surface area contributed by atoms with Gasteiger partial charge in [0, 0.05) is 12.6 Å². The lowest BCUT2D eigenvalue weighted by Gasteiger charge is -2.28. The summed E-state index contributed by atoms with van der Waals surface area (Å²) >= 11 is 0. The molecule has 2 heterocycles. The second-order valence-electron chi connectivity index (χ2n) is 4.67. The summed E-state index contributed by atoms with van der Waals surface area (Å²) < 4.78 is 0. The molecule has 1 aromatic rings. The highest BCUT2D eigenvalue weighted by Gasteiger charge is 2.27. The van der Waals surface area contributed by atoms with E-state index in [2.05, 4.69) is 28.7 Å². The van der Waals surface area contributed by atoms with Crippen LogP contribution < -0.4 is 4.90 Å². The number of nitrogens with zero attached hydrogens (tertiary/aromatic N) is 3. The van der Waals surface area contributed by atoms with E-state index in [0.717, 1.165) is 12.4 Å². The summed E-state index contributed by atoms with van der Waals surface area (Å²) in [4.78, 5) is 10.9. The van der Waals surface area contributed by atoms with Gasteiger partial charge in [0.1, 0.15) is 5.82 Å². The highest BCUT2D eigenvalue weighted by atomic mass is 16.3. The third kappa shape index (κ3) is 2.16. The van der Waals surface area contributed by atoms with Crippen molar-refractivity contribution in [3.05, 3.63) is 18.1 Å². The van der Waals surface area contributed by atoms with E-state index < -0.39 is 0 Å². The molecule has 0 bridgehead atoms. The molecular formula is C12H19N3O. The highest BCUT2D eigenvalue weighted by Crippen LogP contribution is 2.27. The fourth-order valence-electron chi connectivity index (χ4n) is 2.35. The van der Waals surface area contributed by atoms with E-state index in [-0.39, 0.29) is 6.61 Å². The Morgan fingerprint density at radius 3 is 2.81 bits per heavy atom. The summed E-state index contributed by atoms with van der Waals surface area (Å²) in [5.74, 6) is 1.58. The van der Waals surface area contributed by atoms with E-state index >= 15 is 0 Å². The highest BCUT2D eigenvalue weighted by molar-refractivity contribution is 5.39. The van der Waals surface area contributed by atoms with Crippen molar-refractivity contribution in [1.29, 1.82) is 0 Å². The van der Waals surface area contributed by atoms with E-state index in [9.17, 15) is 0 Å². The molecule has 4 nitrogen and oxygen atoms in total. The Morgan fingerprint density at radius 2 is 2.25 bits per heavy atom. The van der Waals surface area contributed by atoms with Crippen LogP contribution in [0.3, 0.4) is 0 Å². The van der Waals surface area contributed by atoms with Gasteiger partial charge in [-0.15, -0.1) is 0 Å². The van der Waals surface area contributed by atoms with Gasteiger partial charge < -0.3 is 10.0 Å². The number of rotatable bonds is 3. The Bertz CT molecular complexity index is 337. The average molecular weight is 221 g/mol. The average Bonchev–Trinajstić information content (AvgIpc) is 2.78. The van der Waals surface area contributed by atoms with Crippen LogP contribution in [0.4, 0.5) is 5.82 Å². The molecule has 1 unspecified atom stereocenters. The topological polar surface area (TPSA) is 49.2 Å². The Balaban J connectivity index is 2.16. The predicted molar refractivity (Wildman–Crippen MR) is 63.2 cm³/mol. The van der Waals surface area contributed by atoms with Crippen molar-refractivity contribution >= 4 is 5.82 Å². The van der Waals surface area contributed by atoms with Crippen molar-refractivity contribution in [3.8, 4) is 0 Å². The van der Waals surface area contributed by atoms with E-state index in [1.165, 1.54) is 12.8 Å². The van der Waals surface area contributed by atoms with Crippen LogP contribution in [-0.2, 0) is 6.61 Å². The van der Waals surface area contributed by atoms with Gasteiger partial charge in [-0.05, 0) is 18.8 Å². The number of hydrogen-bond acceptors (Lipinski definition) is 4. The first kappa shape index (κ1) is 11.3. The molecule has 2 rings (SSSR count). The fourth-order valence-corrected chi connectivity index (χ4v) is 2.35. The lowest BCUT2D eigenvalue weighted by molar-refractivity contribution is 0.276. The number of aromatic nitrogens is 2. The first-order valence-corrected chi connectivity index (χ1v) is 5.91. The molecule has 0 aliphatic carbocycles. The summed E-state index contributed by atoms with van der Waals surface area (Å²) in [5.41, 5.74) is 0.629. The maximum absolute atomic E-state index is 8.92. The molecule has 1 fully saturated rings. The Labute approximate surface area is 96.3 Å². The number of anilines is 1. The van der Waals surface area contributed by atoms with Crippen LogP contribution in [0.15, 0.2) is 12.4 Å². The molecule has 4 heteroatoms. The molecular weight excluding hydrogens is 202 g/mol. The van der Waals surface area contributed by atoms with Crippen molar-refractivity contribution in [2.24, 2.45) is 5.92 Å². The maximum Gasteiger partial charge on any atom is 0.147 e. The SMILES string of the molecule is CC(C)C1CCCN1c1cnc(CO)cn1.